The van der Waals surface area contributed by atoms with Crippen LogP contribution in [-0.2, 0) is 17.1 Å². The van der Waals surface area contributed by atoms with Gasteiger partial charge in [0.15, 0.2) is 0 Å². The molecule has 0 saturated carbocycles. The molecule has 1 radical (unpaired) electrons. The average molecular weight is 406 g/mol. The summed E-state index contributed by atoms with van der Waals surface area (Å²) in [6.07, 6.45) is 8.26. The van der Waals surface area contributed by atoms with E-state index in [1.807, 2.05) is 0 Å². The quantitative estimate of drug-likeness (QED) is 0.350. The molecule has 0 spiro atoms. The van der Waals surface area contributed by atoms with Gasteiger partial charge in [0.05, 0.1) is 0 Å². The van der Waals surface area contributed by atoms with Crippen LogP contribution >= 0.6 is 0 Å². The fourth-order valence-corrected chi connectivity index (χ4v) is 14.8. The number of hydrogen-bond acceptors (Lipinski definition) is 1. The molecule has 0 aliphatic heterocycles. The molecule has 3 heteroatoms. The molecule has 109 valence electrons. The zero-order chi connectivity index (χ0) is 13.6. The van der Waals surface area contributed by atoms with Crippen molar-refractivity contribution in [1.29, 1.82) is 5.26 Å². The molecule has 0 bridgehead atoms. The van der Waals surface area contributed by atoms with Crippen LogP contribution in [-0.4, -0.2) is 18.4 Å². The van der Waals surface area contributed by atoms with Crippen molar-refractivity contribution in [2.75, 3.05) is 0 Å². The van der Waals surface area contributed by atoms with Gasteiger partial charge in [-0.25, -0.2) is 0 Å². The molecule has 0 aromatic heterocycles. The number of rotatable bonds is 10. The van der Waals surface area contributed by atoms with E-state index in [1.165, 1.54) is 51.8 Å². The van der Waals surface area contributed by atoms with Crippen molar-refractivity contribution in [3.63, 3.8) is 0 Å². The van der Waals surface area contributed by atoms with E-state index in [2.05, 4.69) is 24.9 Å². The van der Waals surface area contributed by atoms with Crippen LogP contribution < -0.4 is 0 Å². The summed E-state index contributed by atoms with van der Waals surface area (Å²) in [5.41, 5.74) is 0. The molecule has 0 amide bonds. The van der Waals surface area contributed by atoms with E-state index in [-0.39, 0.29) is 17.1 Å². The Labute approximate surface area is 130 Å². The van der Waals surface area contributed by atoms with E-state index in [1.54, 1.807) is 0 Å². The van der Waals surface area contributed by atoms with Gasteiger partial charge >= 0.3 is 119 Å². The Morgan fingerprint density at radius 1 is 0.889 bits per heavy atom. The normalized spacial score (nSPS) is 9.83. The van der Waals surface area contributed by atoms with Gasteiger partial charge < -0.3 is 11.8 Å². The zero-order valence-electron chi connectivity index (χ0n) is 12.3. The van der Waals surface area contributed by atoms with Gasteiger partial charge in [-0.15, -0.1) is 0 Å². The fraction of sp³-hybridized carbons (Fsp3) is 0.800. The van der Waals surface area contributed by atoms with Crippen LogP contribution in [0, 0.1) is 18.4 Å². The molecule has 0 aliphatic carbocycles. The van der Waals surface area contributed by atoms with Gasteiger partial charge in [0.2, 0.25) is 0 Å². The van der Waals surface area contributed by atoms with Gasteiger partial charge in [-0.05, 0) is 0 Å². The number of hydrogen-bond donors (Lipinski definition) is 0. The van der Waals surface area contributed by atoms with E-state index >= 15 is 0 Å². The summed E-state index contributed by atoms with van der Waals surface area (Å²) in [5, 5.41) is 6.25. The van der Waals surface area contributed by atoms with Crippen LogP contribution in [0.1, 0.15) is 59.3 Å². The van der Waals surface area contributed by atoms with Gasteiger partial charge in [-0.2, -0.15) is 0 Å². The molecule has 0 N–H and O–H groups in total. The van der Waals surface area contributed by atoms with Crippen molar-refractivity contribution in [2.24, 2.45) is 0 Å². The van der Waals surface area contributed by atoms with Crippen molar-refractivity contribution >= 4 is 18.4 Å². The predicted octanol–water partition coefficient (Wildman–Crippen LogP) is 5.46. The molecule has 0 aromatic carbocycles. The summed E-state index contributed by atoms with van der Waals surface area (Å²) in [7, 11) is 0. The summed E-state index contributed by atoms with van der Waals surface area (Å²) in [5.74, 6) is 0. The maximum absolute atomic E-state index is 6.25. The van der Waals surface area contributed by atoms with Crippen molar-refractivity contribution in [2.45, 2.75) is 72.6 Å². The molecule has 0 unspecified atom stereocenters. The van der Waals surface area contributed by atoms with Crippen LogP contribution in [0.5, 0.6) is 0 Å². The largest absolute Gasteiger partial charge is 2.00 e. The maximum atomic E-state index is 6.25. The first-order valence-electron chi connectivity index (χ1n) is 7.03. The number of unbranched alkanes of at least 4 members (excludes halogenated alkanes) is 3. The van der Waals surface area contributed by atoms with Crippen molar-refractivity contribution < 1.29 is 17.1 Å². The van der Waals surface area contributed by atoms with Crippen LogP contribution in [0.25, 0.3) is 0 Å². The SMILES string of the molecule is [C-]#N.[CH-]=[CH][Sn]([CH2]CCC)([CH2]CCC)[CH2]CCC.[Cu+2]. The molecule has 0 aromatic rings. The Kier molecular flexibility index (Phi) is 23.0. The van der Waals surface area contributed by atoms with Gasteiger partial charge in [0.25, 0.3) is 0 Å². The van der Waals surface area contributed by atoms with E-state index < -0.39 is 18.4 Å². The Bertz CT molecular complexity index is 170. The third-order valence-corrected chi connectivity index (χ3v) is 17.0. The Morgan fingerprint density at radius 3 is 1.33 bits per heavy atom. The second kappa shape index (κ2) is 17.5. The zero-order valence-corrected chi connectivity index (χ0v) is 16.1. The van der Waals surface area contributed by atoms with E-state index in [0.29, 0.717) is 0 Å². The number of nitrogens with zero attached hydrogens (tertiary/aromatic N) is 1. The standard InChI is InChI=1S/3C4H9.C2H2.CN.Cu.Sn/c3*1-3-4-2;2*1-2;;/h3*1,3-4H2,2H3;1-2H;;;/q;;;2*-1;+2;. The van der Waals surface area contributed by atoms with Crippen molar-refractivity contribution in [3.05, 3.63) is 17.2 Å². The average Bonchev–Trinajstić information content (AvgIpc) is 2.41. The first-order valence-corrected chi connectivity index (χ1v) is 14.7. The van der Waals surface area contributed by atoms with Gasteiger partial charge in [0, 0.05) is 0 Å². The second-order valence-corrected chi connectivity index (χ2v) is 17.8. The Morgan fingerprint density at radius 2 is 1.17 bits per heavy atom. The second-order valence-electron chi connectivity index (χ2n) is 4.84. The molecule has 0 aliphatic rings. The Hall–Kier alpha value is 0.548. The summed E-state index contributed by atoms with van der Waals surface area (Å²) in [4.78, 5) is 0. The van der Waals surface area contributed by atoms with E-state index in [4.69, 9.17) is 18.4 Å². The first-order chi connectivity index (χ1) is 8.24. The van der Waals surface area contributed by atoms with Crippen LogP contribution in [0.2, 0.25) is 13.3 Å². The molecule has 0 atom stereocenters. The molecular weight excluding hydrogens is 376 g/mol. The topological polar surface area (TPSA) is 23.8 Å². The summed E-state index contributed by atoms with van der Waals surface area (Å²) >= 11 is -1.96. The molecule has 18 heavy (non-hydrogen) atoms. The molecular formula is C15H29CuNSn. The third-order valence-electron chi connectivity index (χ3n) is 3.44. The molecule has 1 nitrogen and oxygen atoms in total. The minimum absolute atomic E-state index is 0. The maximum Gasteiger partial charge on any atom is 2.00 e. The van der Waals surface area contributed by atoms with E-state index in [9.17, 15) is 0 Å². The smallest absolute Gasteiger partial charge is 2.00 e. The molecule has 0 saturated heterocycles. The molecule has 0 fully saturated rings. The van der Waals surface area contributed by atoms with Crippen LogP contribution in [0.3, 0.4) is 0 Å². The fourth-order valence-electron chi connectivity index (χ4n) is 2.21. The van der Waals surface area contributed by atoms with Crippen LogP contribution in [0.15, 0.2) is 4.09 Å². The Balaban J connectivity index is -0.000000709. The predicted molar refractivity (Wildman–Crippen MR) is 78.7 cm³/mol. The summed E-state index contributed by atoms with van der Waals surface area (Å²) < 4.78 is 6.72. The minimum Gasteiger partial charge on any atom is 2.00 e. The summed E-state index contributed by atoms with van der Waals surface area (Å²) in [6, 6.07) is 0. The first kappa shape index (κ1) is 23.6. The van der Waals surface area contributed by atoms with Gasteiger partial charge in [-0.3, -0.25) is 0 Å². The summed E-state index contributed by atoms with van der Waals surface area (Å²) in [6.45, 7) is 17.6. The molecule has 0 heterocycles. The third kappa shape index (κ3) is 11.6. The van der Waals surface area contributed by atoms with Crippen LogP contribution in [0.4, 0.5) is 0 Å². The minimum atomic E-state index is -1.96. The van der Waals surface area contributed by atoms with E-state index in [0.717, 1.165) is 0 Å². The van der Waals surface area contributed by atoms with Crippen molar-refractivity contribution in [1.82, 2.24) is 0 Å². The van der Waals surface area contributed by atoms with Gasteiger partial charge in [-0.1, -0.05) is 0 Å². The van der Waals surface area contributed by atoms with Crippen molar-refractivity contribution in [3.8, 4) is 0 Å². The monoisotopic (exact) mass is 406 g/mol. The van der Waals surface area contributed by atoms with Gasteiger partial charge in [0.1, 0.15) is 0 Å². The molecule has 0 rings (SSSR count).